The summed E-state index contributed by atoms with van der Waals surface area (Å²) >= 11 is 0. The summed E-state index contributed by atoms with van der Waals surface area (Å²) in [6, 6.07) is 13.4. The van der Waals surface area contributed by atoms with Gasteiger partial charge in [-0.25, -0.2) is 0 Å². The van der Waals surface area contributed by atoms with Gasteiger partial charge >= 0.3 is 0 Å². The number of aryl methyl sites for hydroxylation is 2. The fourth-order valence-electron chi connectivity index (χ4n) is 3.39. The van der Waals surface area contributed by atoms with E-state index in [2.05, 4.69) is 31.9 Å². The van der Waals surface area contributed by atoms with Crippen molar-refractivity contribution in [1.82, 2.24) is 25.8 Å². The monoisotopic (exact) mass is 375 g/mol. The first kappa shape index (κ1) is 17.8. The Morgan fingerprint density at radius 1 is 0.929 bits per heavy atom. The van der Waals surface area contributed by atoms with Crippen molar-refractivity contribution in [2.75, 3.05) is 13.1 Å². The summed E-state index contributed by atoms with van der Waals surface area (Å²) in [5.74, 6) is -0.476. The molecular formula is C21H21N5O2. The fourth-order valence-corrected chi connectivity index (χ4v) is 3.39. The van der Waals surface area contributed by atoms with Crippen molar-refractivity contribution in [2.24, 2.45) is 0 Å². The number of rotatable bonds is 5. The zero-order valence-electron chi connectivity index (χ0n) is 15.7. The molecule has 0 aliphatic carbocycles. The number of amides is 2. The van der Waals surface area contributed by atoms with Gasteiger partial charge in [-0.3, -0.25) is 14.7 Å². The van der Waals surface area contributed by atoms with Gasteiger partial charge in [0.1, 0.15) is 5.69 Å². The lowest BCUT2D eigenvalue weighted by atomic mass is 10.1. The Hall–Kier alpha value is -3.61. The van der Waals surface area contributed by atoms with Crippen molar-refractivity contribution < 1.29 is 9.59 Å². The second-order valence-electron chi connectivity index (χ2n) is 6.86. The molecule has 4 N–H and O–H groups in total. The van der Waals surface area contributed by atoms with Crippen LogP contribution in [0.3, 0.4) is 0 Å². The molecule has 2 aromatic heterocycles. The highest BCUT2D eigenvalue weighted by Crippen LogP contribution is 2.21. The molecule has 0 radical (unpaired) electrons. The second kappa shape index (κ2) is 7.19. The number of nitrogens with zero attached hydrogens (tertiary/aromatic N) is 1. The maximum absolute atomic E-state index is 12.4. The van der Waals surface area contributed by atoms with Crippen LogP contribution in [-0.2, 0) is 0 Å². The van der Waals surface area contributed by atoms with E-state index in [1.54, 1.807) is 0 Å². The molecule has 4 rings (SSSR count). The van der Waals surface area contributed by atoms with E-state index in [1.807, 2.05) is 50.2 Å². The molecule has 2 amide bonds. The molecule has 0 aliphatic heterocycles. The summed E-state index contributed by atoms with van der Waals surface area (Å²) in [5.41, 5.74) is 4.89. The Morgan fingerprint density at radius 3 is 2.50 bits per heavy atom. The van der Waals surface area contributed by atoms with E-state index in [-0.39, 0.29) is 11.8 Å². The van der Waals surface area contributed by atoms with Crippen LogP contribution in [0.5, 0.6) is 0 Å². The van der Waals surface area contributed by atoms with Crippen LogP contribution in [0.15, 0.2) is 42.5 Å². The van der Waals surface area contributed by atoms with E-state index in [9.17, 15) is 9.59 Å². The van der Waals surface area contributed by atoms with Crippen molar-refractivity contribution in [2.45, 2.75) is 13.8 Å². The molecular weight excluding hydrogens is 354 g/mol. The highest BCUT2D eigenvalue weighted by molar-refractivity contribution is 6.04. The lowest BCUT2D eigenvalue weighted by Gasteiger charge is -2.05. The normalized spacial score (nSPS) is 11.1. The van der Waals surface area contributed by atoms with Crippen LogP contribution in [0.1, 0.15) is 32.1 Å². The number of H-pyrrole nitrogens is 2. The fraction of sp³-hybridized carbons (Fsp3) is 0.190. The zero-order valence-corrected chi connectivity index (χ0v) is 15.7. The minimum absolute atomic E-state index is 0.201. The topological polar surface area (TPSA) is 103 Å². The van der Waals surface area contributed by atoms with Gasteiger partial charge in [0.05, 0.1) is 5.52 Å². The van der Waals surface area contributed by atoms with E-state index in [4.69, 9.17) is 0 Å². The molecule has 4 aromatic rings. The van der Waals surface area contributed by atoms with Crippen molar-refractivity contribution in [3.63, 3.8) is 0 Å². The van der Waals surface area contributed by atoms with Crippen LogP contribution in [-0.4, -0.2) is 40.1 Å². The minimum atomic E-state index is -0.275. The van der Waals surface area contributed by atoms with E-state index in [1.165, 1.54) is 0 Å². The Morgan fingerprint density at radius 2 is 1.68 bits per heavy atom. The predicted molar refractivity (Wildman–Crippen MR) is 109 cm³/mol. The average Bonchev–Trinajstić information content (AvgIpc) is 3.29. The Bertz CT molecular complexity index is 1190. The van der Waals surface area contributed by atoms with Gasteiger partial charge in [0.25, 0.3) is 11.8 Å². The van der Waals surface area contributed by atoms with Crippen LogP contribution in [0.4, 0.5) is 0 Å². The summed E-state index contributed by atoms with van der Waals surface area (Å²) in [5, 5.41) is 14.3. The van der Waals surface area contributed by atoms with Crippen molar-refractivity contribution in [3.8, 4) is 0 Å². The molecule has 0 spiro atoms. The van der Waals surface area contributed by atoms with E-state index >= 15 is 0 Å². The van der Waals surface area contributed by atoms with Gasteiger partial charge in [0, 0.05) is 29.4 Å². The number of benzene rings is 2. The molecule has 0 atom stereocenters. The summed E-state index contributed by atoms with van der Waals surface area (Å²) in [6.45, 7) is 4.68. The molecule has 0 bridgehead atoms. The number of hydrogen-bond donors (Lipinski definition) is 4. The van der Waals surface area contributed by atoms with Crippen molar-refractivity contribution in [1.29, 1.82) is 0 Å². The summed E-state index contributed by atoms with van der Waals surface area (Å²) < 4.78 is 0. The van der Waals surface area contributed by atoms with Gasteiger partial charge in [-0.15, -0.1) is 0 Å². The second-order valence-corrected chi connectivity index (χ2v) is 6.86. The molecule has 2 aromatic carbocycles. The number of carbonyl (C=O) groups is 2. The maximum atomic E-state index is 12.4. The molecule has 0 saturated carbocycles. The van der Waals surface area contributed by atoms with Crippen molar-refractivity contribution in [3.05, 3.63) is 65.0 Å². The third-order valence-corrected chi connectivity index (χ3v) is 4.72. The van der Waals surface area contributed by atoms with Crippen LogP contribution >= 0.6 is 0 Å². The molecule has 28 heavy (non-hydrogen) atoms. The molecule has 0 fully saturated rings. The zero-order chi connectivity index (χ0) is 19.7. The first-order valence-corrected chi connectivity index (χ1v) is 9.12. The molecule has 0 aliphatic rings. The molecule has 2 heterocycles. The Labute approximate surface area is 161 Å². The van der Waals surface area contributed by atoms with E-state index in [0.29, 0.717) is 24.5 Å². The van der Waals surface area contributed by atoms with E-state index in [0.717, 1.165) is 32.9 Å². The number of fused-ring (bicyclic) bond motifs is 2. The number of aromatic amines is 2. The van der Waals surface area contributed by atoms with E-state index < -0.39 is 0 Å². The lowest BCUT2D eigenvalue weighted by molar-refractivity contribution is 0.0924. The van der Waals surface area contributed by atoms with Crippen LogP contribution in [0.25, 0.3) is 21.8 Å². The van der Waals surface area contributed by atoms with Gasteiger partial charge in [-0.2, -0.15) is 5.10 Å². The number of nitrogens with one attached hydrogen (secondary N) is 4. The predicted octanol–water partition coefficient (Wildman–Crippen LogP) is 2.82. The number of aromatic nitrogens is 3. The van der Waals surface area contributed by atoms with Gasteiger partial charge in [0.15, 0.2) is 5.69 Å². The smallest absolute Gasteiger partial charge is 0.272 e. The van der Waals surface area contributed by atoms with Gasteiger partial charge < -0.3 is 15.6 Å². The van der Waals surface area contributed by atoms with Crippen LogP contribution in [0.2, 0.25) is 0 Å². The summed E-state index contributed by atoms with van der Waals surface area (Å²) in [7, 11) is 0. The lowest BCUT2D eigenvalue weighted by Crippen LogP contribution is -2.35. The SMILES string of the molecule is Cc1cc(C)c2cc(C(=O)NCCNC(=O)c3n[nH]c4ccccc34)[nH]c2c1. The maximum Gasteiger partial charge on any atom is 0.272 e. The first-order chi connectivity index (χ1) is 13.5. The number of para-hydroxylation sites is 1. The molecule has 7 nitrogen and oxygen atoms in total. The Kier molecular flexibility index (Phi) is 4.57. The van der Waals surface area contributed by atoms with Crippen LogP contribution < -0.4 is 10.6 Å². The van der Waals surface area contributed by atoms with Crippen molar-refractivity contribution >= 4 is 33.6 Å². The van der Waals surface area contributed by atoms with Gasteiger partial charge in [-0.1, -0.05) is 24.3 Å². The average molecular weight is 375 g/mol. The summed E-state index contributed by atoms with van der Waals surface area (Å²) in [4.78, 5) is 27.9. The third kappa shape index (κ3) is 3.34. The standard InChI is InChI=1S/C21H21N5O2/c1-12-9-13(2)15-11-18(24-17(15)10-12)20(27)22-7-8-23-21(28)19-14-5-3-4-6-16(14)25-26-19/h3-6,9-11,24H,7-8H2,1-2H3,(H,22,27)(H,23,28)(H,25,26). The Balaban J connectivity index is 1.34. The molecule has 0 unspecified atom stereocenters. The number of carbonyl (C=O) groups excluding carboxylic acids is 2. The van der Waals surface area contributed by atoms with Crippen LogP contribution in [0, 0.1) is 13.8 Å². The summed E-state index contributed by atoms with van der Waals surface area (Å²) in [6.07, 6.45) is 0. The minimum Gasteiger partial charge on any atom is -0.351 e. The molecule has 0 saturated heterocycles. The molecule has 142 valence electrons. The molecule has 7 heteroatoms. The highest BCUT2D eigenvalue weighted by Gasteiger charge is 2.14. The third-order valence-electron chi connectivity index (χ3n) is 4.72. The number of hydrogen-bond acceptors (Lipinski definition) is 3. The quantitative estimate of drug-likeness (QED) is 0.403. The van der Waals surface area contributed by atoms with Gasteiger partial charge in [-0.05, 0) is 43.2 Å². The first-order valence-electron chi connectivity index (χ1n) is 9.12. The highest BCUT2D eigenvalue weighted by atomic mass is 16.2. The largest absolute Gasteiger partial charge is 0.351 e. The van der Waals surface area contributed by atoms with Gasteiger partial charge in [0.2, 0.25) is 0 Å².